The van der Waals surface area contributed by atoms with Gasteiger partial charge in [-0.3, -0.25) is 9.48 Å². The van der Waals surface area contributed by atoms with Crippen molar-refractivity contribution in [3.8, 4) is 5.75 Å². The third kappa shape index (κ3) is 4.18. The van der Waals surface area contributed by atoms with Crippen LogP contribution in [0.1, 0.15) is 27.7 Å². The Hall–Kier alpha value is -2.50. The maximum Gasteiger partial charge on any atom is 0.203 e. The maximum absolute atomic E-state index is 12.2. The molecule has 5 nitrogen and oxygen atoms in total. The molecule has 0 aliphatic heterocycles. The predicted molar refractivity (Wildman–Crippen MR) is 101 cm³/mol. The second-order valence-corrected chi connectivity index (χ2v) is 6.42. The summed E-state index contributed by atoms with van der Waals surface area (Å²) in [5, 5.41) is 4.95. The molecule has 0 unspecified atom stereocenters. The van der Waals surface area contributed by atoms with Gasteiger partial charge in [-0.15, -0.1) is 0 Å². The van der Waals surface area contributed by atoms with Crippen molar-refractivity contribution in [2.45, 2.75) is 13.5 Å². The third-order valence-corrected chi connectivity index (χ3v) is 4.42. The first-order valence-corrected chi connectivity index (χ1v) is 8.58. The minimum absolute atomic E-state index is 0.145. The van der Waals surface area contributed by atoms with E-state index in [2.05, 4.69) is 5.10 Å². The molecule has 134 valence electrons. The lowest BCUT2D eigenvalue weighted by atomic mass is 10.2. The summed E-state index contributed by atoms with van der Waals surface area (Å²) in [6, 6.07) is 10.4. The zero-order chi connectivity index (χ0) is 18.7. The van der Waals surface area contributed by atoms with E-state index in [4.69, 9.17) is 32.4 Å². The number of nitrogens with zero attached hydrogens (tertiary/aromatic N) is 2. The summed E-state index contributed by atoms with van der Waals surface area (Å²) in [6.07, 6.45) is 3.06. The molecule has 2 heterocycles. The Labute approximate surface area is 160 Å². The third-order valence-electron chi connectivity index (χ3n) is 3.62. The molecule has 3 rings (SSSR count). The Bertz CT molecular complexity index is 973. The fourth-order valence-corrected chi connectivity index (χ4v) is 2.74. The molecule has 0 aliphatic carbocycles. The normalized spacial score (nSPS) is 11.2. The fourth-order valence-electron chi connectivity index (χ4n) is 2.39. The topological polar surface area (TPSA) is 57.3 Å². The minimum atomic E-state index is -0.145. The van der Waals surface area contributed by atoms with E-state index in [1.165, 1.54) is 6.08 Å². The predicted octanol–water partition coefficient (Wildman–Crippen LogP) is 5.10. The van der Waals surface area contributed by atoms with Crippen LogP contribution in [-0.4, -0.2) is 15.6 Å². The van der Waals surface area contributed by atoms with Gasteiger partial charge >= 0.3 is 0 Å². The van der Waals surface area contributed by atoms with Crippen LogP contribution in [0.4, 0.5) is 0 Å². The highest BCUT2D eigenvalue weighted by Gasteiger charge is 2.10. The van der Waals surface area contributed by atoms with Crippen LogP contribution in [0.2, 0.25) is 10.0 Å². The highest BCUT2D eigenvalue weighted by Crippen LogP contribution is 2.32. The molecule has 26 heavy (non-hydrogen) atoms. The summed E-state index contributed by atoms with van der Waals surface area (Å²) in [7, 11) is 1.73. The molecule has 0 amide bonds. The van der Waals surface area contributed by atoms with Crippen molar-refractivity contribution in [3.63, 3.8) is 0 Å². The highest BCUT2D eigenvalue weighted by molar-refractivity contribution is 6.42. The van der Waals surface area contributed by atoms with Gasteiger partial charge in [0, 0.05) is 7.05 Å². The van der Waals surface area contributed by atoms with Crippen LogP contribution in [0.3, 0.4) is 0 Å². The van der Waals surface area contributed by atoms with E-state index in [1.807, 2.05) is 6.92 Å². The van der Waals surface area contributed by atoms with E-state index in [0.717, 1.165) is 5.69 Å². The summed E-state index contributed by atoms with van der Waals surface area (Å²) < 4.78 is 12.8. The number of carbonyl (C=O) groups excluding carboxylic acids is 1. The van der Waals surface area contributed by atoms with Gasteiger partial charge < -0.3 is 9.15 Å². The molecule has 0 N–H and O–H groups in total. The number of carbonyl (C=O) groups is 1. The van der Waals surface area contributed by atoms with Gasteiger partial charge in [0.2, 0.25) is 5.78 Å². The average Bonchev–Trinajstić information content (AvgIpc) is 3.20. The molecule has 0 atom stereocenters. The molecule has 3 aromatic rings. The van der Waals surface area contributed by atoms with Crippen LogP contribution in [0.5, 0.6) is 5.75 Å². The molecule has 0 aliphatic rings. The zero-order valence-electron chi connectivity index (χ0n) is 14.2. The largest absolute Gasteiger partial charge is 0.484 e. The first-order valence-electron chi connectivity index (χ1n) is 7.82. The molecule has 0 saturated heterocycles. The van der Waals surface area contributed by atoms with Crippen molar-refractivity contribution in [3.05, 3.63) is 75.4 Å². The highest BCUT2D eigenvalue weighted by atomic mass is 35.5. The Morgan fingerprint density at radius 2 is 2.12 bits per heavy atom. The van der Waals surface area contributed by atoms with Crippen LogP contribution in [0, 0.1) is 6.92 Å². The van der Waals surface area contributed by atoms with Gasteiger partial charge in [-0.2, -0.15) is 5.10 Å². The summed E-state index contributed by atoms with van der Waals surface area (Å²) in [6.45, 7) is 2.04. The lowest BCUT2D eigenvalue weighted by Gasteiger charge is -2.06. The number of ketones is 1. The molecule has 1 aromatic carbocycles. The minimum Gasteiger partial charge on any atom is -0.484 e. The van der Waals surface area contributed by atoms with Crippen LogP contribution >= 0.6 is 23.2 Å². The molecule has 0 spiro atoms. The van der Waals surface area contributed by atoms with E-state index < -0.39 is 0 Å². The number of aromatic nitrogens is 2. The van der Waals surface area contributed by atoms with Crippen molar-refractivity contribution in [1.29, 1.82) is 0 Å². The Balaban J connectivity index is 1.63. The second kappa shape index (κ2) is 7.81. The van der Waals surface area contributed by atoms with E-state index in [9.17, 15) is 4.79 Å². The second-order valence-electron chi connectivity index (χ2n) is 5.64. The number of benzene rings is 1. The van der Waals surface area contributed by atoms with Crippen molar-refractivity contribution in [2.75, 3.05) is 0 Å². The summed E-state index contributed by atoms with van der Waals surface area (Å²) in [5.74, 6) is 1.49. The molecule has 2 aromatic heterocycles. The maximum atomic E-state index is 12.2. The monoisotopic (exact) mass is 390 g/mol. The Kier molecular flexibility index (Phi) is 5.49. The van der Waals surface area contributed by atoms with Gasteiger partial charge in [-0.25, -0.2) is 0 Å². The molecule has 7 heteroatoms. The van der Waals surface area contributed by atoms with Crippen molar-refractivity contribution in [1.82, 2.24) is 9.78 Å². The van der Waals surface area contributed by atoms with Crippen molar-refractivity contribution < 1.29 is 13.9 Å². The number of hydrogen-bond acceptors (Lipinski definition) is 4. The van der Waals surface area contributed by atoms with Crippen LogP contribution in [-0.2, 0) is 13.7 Å². The number of rotatable bonds is 6. The molecule has 0 saturated carbocycles. The van der Waals surface area contributed by atoms with Crippen LogP contribution in [0.15, 0.2) is 46.9 Å². The zero-order valence-corrected chi connectivity index (χ0v) is 15.7. The van der Waals surface area contributed by atoms with E-state index in [-0.39, 0.29) is 12.4 Å². The molecular formula is C19H16Cl2N2O3. The quantitative estimate of drug-likeness (QED) is 0.433. The standard InChI is InChI=1S/C19H16Cl2N2O3/c1-12-10-16(23(2)22-12)17(24)9-8-13-6-7-14(26-13)11-25-18-5-3-4-15(20)19(18)21/h3-10H,11H2,1-2H3/b9-8+. The number of allylic oxidation sites excluding steroid dienone is 1. The van der Waals surface area contributed by atoms with Gasteiger partial charge in [-0.1, -0.05) is 29.3 Å². The first-order chi connectivity index (χ1) is 12.4. The Morgan fingerprint density at radius 1 is 1.31 bits per heavy atom. The van der Waals surface area contributed by atoms with Gasteiger partial charge in [0.15, 0.2) is 0 Å². The number of hydrogen-bond donors (Lipinski definition) is 0. The molecular weight excluding hydrogens is 375 g/mol. The summed E-state index contributed by atoms with van der Waals surface area (Å²) in [5.41, 5.74) is 1.31. The van der Waals surface area contributed by atoms with Gasteiger partial charge in [0.25, 0.3) is 0 Å². The fraction of sp³-hybridized carbons (Fsp3) is 0.158. The van der Waals surface area contributed by atoms with E-state index in [1.54, 1.807) is 54.2 Å². The van der Waals surface area contributed by atoms with Crippen LogP contribution in [0.25, 0.3) is 6.08 Å². The smallest absolute Gasteiger partial charge is 0.203 e. The first kappa shape index (κ1) is 18.3. The molecule has 0 fully saturated rings. The summed E-state index contributed by atoms with van der Waals surface area (Å²) >= 11 is 12.0. The van der Waals surface area contributed by atoms with Crippen molar-refractivity contribution >= 4 is 35.1 Å². The van der Waals surface area contributed by atoms with E-state index >= 15 is 0 Å². The van der Waals surface area contributed by atoms with Gasteiger partial charge in [-0.05, 0) is 49.4 Å². The van der Waals surface area contributed by atoms with E-state index in [0.29, 0.717) is 33.0 Å². The number of furan rings is 1. The molecule has 0 radical (unpaired) electrons. The van der Waals surface area contributed by atoms with Crippen molar-refractivity contribution in [2.24, 2.45) is 7.05 Å². The lowest BCUT2D eigenvalue weighted by molar-refractivity contribution is 0.103. The number of ether oxygens (including phenoxy) is 1. The molecule has 0 bridgehead atoms. The van der Waals surface area contributed by atoms with Gasteiger partial charge in [0.05, 0.1) is 10.7 Å². The number of halogens is 2. The summed E-state index contributed by atoms with van der Waals surface area (Å²) in [4.78, 5) is 12.2. The van der Waals surface area contributed by atoms with Gasteiger partial charge in [0.1, 0.15) is 34.6 Å². The Morgan fingerprint density at radius 3 is 2.85 bits per heavy atom. The lowest BCUT2D eigenvalue weighted by Crippen LogP contribution is -2.03. The SMILES string of the molecule is Cc1cc(C(=O)/C=C/c2ccc(COc3cccc(Cl)c3Cl)o2)n(C)n1. The van der Waals surface area contributed by atoms with Crippen LogP contribution < -0.4 is 4.74 Å². The average molecular weight is 391 g/mol. The number of aryl methyl sites for hydroxylation is 2.